The molecule has 0 aliphatic carbocycles. The first kappa shape index (κ1) is 15.1. The first-order valence-corrected chi connectivity index (χ1v) is 6.56. The van der Waals surface area contributed by atoms with Crippen molar-refractivity contribution in [3.8, 4) is 17.2 Å². The first-order chi connectivity index (χ1) is 9.86. The van der Waals surface area contributed by atoms with Crippen LogP contribution in [0.25, 0.3) is 0 Å². The molecule has 0 saturated carbocycles. The van der Waals surface area contributed by atoms with Gasteiger partial charge < -0.3 is 15.2 Å². The number of hydrogen-bond acceptors (Lipinski definition) is 3. The number of nitrogens with two attached hydrogens (primary N) is 1. The minimum absolute atomic E-state index is 0.0160. The van der Waals surface area contributed by atoms with Gasteiger partial charge in [-0.15, -0.1) is 0 Å². The van der Waals surface area contributed by atoms with Crippen LogP contribution in [0.5, 0.6) is 17.2 Å². The minimum atomic E-state index is -0.585. The molecule has 0 aromatic heterocycles. The molecule has 2 aromatic carbocycles. The van der Waals surface area contributed by atoms with E-state index in [4.69, 9.17) is 15.2 Å². The number of ether oxygens (including phenoxy) is 2. The number of hydrogen-bond donors (Lipinski definition) is 1. The quantitative estimate of drug-likeness (QED) is 0.848. The Morgan fingerprint density at radius 1 is 0.952 bits per heavy atom. The number of rotatable bonds is 4. The number of aryl methyl sites for hydroxylation is 1. The van der Waals surface area contributed by atoms with Crippen LogP contribution in [0.4, 0.5) is 14.5 Å². The first-order valence-electron chi connectivity index (χ1n) is 6.56. The monoisotopic (exact) mass is 293 g/mol. The minimum Gasteiger partial charge on any atom is -0.488 e. The molecule has 0 spiro atoms. The van der Waals surface area contributed by atoms with Crippen LogP contribution in [0.2, 0.25) is 0 Å². The Hall–Kier alpha value is -2.30. The highest BCUT2D eigenvalue weighted by molar-refractivity contribution is 5.57. The Labute approximate surface area is 122 Å². The van der Waals surface area contributed by atoms with E-state index in [0.717, 1.165) is 11.6 Å². The van der Waals surface area contributed by atoms with E-state index in [1.165, 1.54) is 12.1 Å². The van der Waals surface area contributed by atoms with Gasteiger partial charge in [0.25, 0.3) is 0 Å². The SMILES string of the molecule is Cc1ccc(F)c(Oc2cc(OC(C)C)c(F)cc2N)c1. The van der Waals surface area contributed by atoms with E-state index in [2.05, 4.69) is 0 Å². The molecule has 0 aliphatic rings. The second kappa shape index (κ2) is 5.99. The predicted octanol–water partition coefficient (Wildman–Crippen LogP) is 4.43. The lowest BCUT2D eigenvalue weighted by molar-refractivity contribution is 0.230. The molecule has 0 atom stereocenters. The summed E-state index contributed by atoms with van der Waals surface area (Å²) in [6, 6.07) is 6.90. The van der Waals surface area contributed by atoms with Crippen molar-refractivity contribution in [2.75, 3.05) is 5.73 Å². The Morgan fingerprint density at radius 3 is 2.33 bits per heavy atom. The molecule has 0 unspecified atom stereocenters. The van der Waals surface area contributed by atoms with Crippen LogP contribution in [0.15, 0.2) is 30.3 Å². The molecule has 0 radical (unpaired) electrons. The van der Waals surface area contributed by atoms with Gasteiger partial charge in [0.2, 0.25) is 0 Å². The normalized spacial score (nSPS) is 10.8. The van der Waals surface area contributed by atoms with Gasteiger partial charge in [0.1, 0.15) is 0 Å². The van der Waals surface area contributed by atoms with Crippen LogP contribution in [0.3, 0.4) is 0 Å². The van der Waals surface area contributed by atoms with Crippen molar-refractivity contribution in [1.82, 2.24) is 0 Å². The zero-order valence-electron chi connectivity index (χ0n) is 12.1. The van der Waals surface area contributed by atoms with Crippen molar-refractivity contribution in [2.45, 2.75) is 26.9 Å². The maximum Gasteiger partial charge on any atom is 0.167 e. The maximum atomic E-state index is 13.7. The largest absolute Gasteiger partial charge is 0.488 e. The van der Waals surface area contributed by atoms with Crippen LogP contribution < -0.4 is 15.2 Å². The third-order valence-electron chi connectivity index (χ3n) is 2.73. The van der Waals surface area contributed by atoms with E-state index in [-0.39, 0.29) is 29.0 Å². The van der Waals surface area contributed by atoms with Crippen LogP contribution in [-0.2, 0) is 0 Å². The lowest BCUT2D eigenvalue weighted by atomic mass is 10.2. The summed E-state index contributed by atoms with van der Waals surface area (Å²) in [6.07, 6.45) is -0.202. The number of nitrogen functional groups attached to an aromatic ring is 1. The summed E-state index contributed by atoms with van der Waals surface area (Å²) >= 11 is 0. The summed E-state index contributed by atoms with van der Waals surface area (Å²) in [5.74, 6) is -0.906. The molecule has 0 saturated heterocycles. The summed E-state index contributed by atoms with van der Waals surface area (Å²) in [7, 11) is 0. The van der Waals surface area contributed by atoms with Crippen molar-refractivity contribution in [3.63, 3.8) is 0 Å². The average molecular weight is 293 g/mol. The van der Waals surface area contributed by atoms with E-state index >= 15 is 0 Å². The molecule has 112 valence electrons. The Kier molecular flexibility index (Phi) is 4.31. The van der Waals surface area contributed by atoms with E-state index in [9.17, 15) is 8.78 Å². The topological polar surface area (TPSA) is 44.5 Å². The summed E-state index contributed by atoms with van der Waals surface area (Å²) in [5.41, 5.74) is 6.63. The third kappa shape index (κ3) is 3.62. The maximum absolute atomic E-state index is 13.7. The Bertz CT molecular complexity index is 657. The molecule has 3 nitrogen and oxygen atoms in total. The molecule has 0 bridgehead atoms. The zero-order chi connectivity index (χ0) is 15.6. The fraction of sp³-hybridized carbons (Fsp3) is 0.250. The number of anilines is 1. The fourth-order valence-corrected chi connectivity index (χ4v) is 1.79. The second-order valence-corrected chi connectivity index (χ2v) is 5.02. The molecule has 2 rings (SSSR count). The summed E-state index contributed by atoms with van der Waals surface area (Å²) in [6.45, 7) is 5.36. The summed E-state index contributed by atoms with van der Waals surface area (Å²) < 4.78 is 38.2. The summed E-state index contributed by atoms with van der Waals surface area (Å²) in [4.78, 5) is 0. The van der Waals surface area contributed by atoms with Crippen LogP contribution >= 0.6 is 0 Å². The van der Waals surface area contributed by atoms with Crippen LogP contribution in [0, 0.1) is 18.6 Å². The van der Waals surface area contributed by atoms with Crippen molar-refractivity contribution in [1.29, 1.82) is 0 Å². The van der Waals surface area contributed by atoms with Crippen LogP contribution in [0.1, 0.15) is 19.4 Å². The highest BCUT2D eigenvalue weighted by Gasteiger charge is 2.14. The molecule has 21 heavy (non-hydrogen) atoms. The third-order valence-corrected chi connectivity index (χ3v) is 2.73. The van der Waals surface area contributed by atoms with Crippen molar-refractivity contribution < 1.29 is 18.3 Å². The van der Waals surface area contributed by atoms with Gasteiger partial charge in [-0.2, -0.15) is 0 Å². The molecular formula is C16H17F2NO2. The van der Waals surface area contributed by atoms with Crippen molar-refractivity contribution >= 4 is 5.69 Å². The molecule has 2 N–H and O–H groups in total. The van der Waals surface area contributed by atoms with Crippen molar-refractivity contribution in [2.24, 2.45) is 0 Å². The van der Waals surface area contributed by atoms with E-state index in [0.29, 0.717) is 0 Å². The second-order valence-electron chi connectivity index (χ2n) is 5.02. The highest BCUT2D eigenvalue weighted by Crippen LogP contribution is 2.35. The molecule has 5 heteroatoms. The molecule has 2 aromatic rings. The average Bonchev–Trinajstić information content (AvgIpc) is 2.39. The van der Waals surface area contributed by atoms with Gasteiger partial charge in [0, 0.05) is 12.1 Å². The lowest BCUT2D eigenvalue weighted by Gasteiger charge is -2.15. The van der Waals surface area contributed by atoms with Crippen molar-refractivity contribution in [3.05, 3.63) is 47.5 Å². The number of benzene rings is 2. The van der Waals surface area contributed by atoms with Crippen LogP contribution in [-0.4, -0.2) is 6.10 Å². The van der Waals surface area contributed by atoms with Gasteiger partial charge in [0.05, 0.1) is 11.8 Å². The van der Waals surface area contributed by atoms with E-state index in [1.54, 1.807) is 26.0 Å². The predicted molar refractivity (Wildman–Crippen MR) is 77.8 cm³/mol. The fourth-order valence-electron chi connectivity index (χ4n) is 1.79. The Balaban J connectivity index is 2.37. The van der Waals surface area contributed by atoms with E-state index in [1.807, 2.05) is 6.92 Å². The summed E-state index contributed by atoms with van der Waals surface area (Å²) in [5, 5.41) is 0. The van der Waals surface area contributed by atoms with Gasteiger partial charge in [-0.25, -0.2) is 8.78 Å². The van der Waals surface area contributed by atoms with Gasteiger partial charge in [-0.3, -0.25) is 0 Å². The molecule has 0 amide bonds. The Morgan fingerprint density at radius 2 is 1.67 bits per heavy atom. The van der Waals surface area contributed by atoms with E-state index < -0.39 is 11.6 Å². The molecule has 0 aliphatic heterocycles. The molecular weight excluding hydrogens is 276 g/mol. The molecule has 0 fully saturated rings. The standard InChI is InChI=1S/C16H17F2NO2/c1-9(2)20-15-8-16(13(19)7-12(15)18)21-14-6-10(3)4-5-11(14)17/h4-9H,19H2,1-3H3. The smallest absolute Gasteiger partial charge is 0.167 e. The lowest BCUT2D eigenvalue weighted by Crippen LogP contribution is -2.07. The van der Waals surface area contributed by atoms with Gasteiger partial charge >= 0.3 is 0 Å². The zero-order valence-corrected chi connectivity index (χ0v) is 12.1. The molecule has 0 heterocycles. The highest BCUT2D eigenvalue weighted by atomic mass is 19.1. The van der Waals surface area contributed by atoms with Gasteiger partial charge in [-0.1, -0.05) is 6.07 Å². The number of halogens is 2. The van der Waals surface area contributed by atoms with Gasteiger partial charge in [0.15, 0.2) is 28.9 Å². The van der Waals surface area contributed by atoms with Gasteiger partial charge in [-0.05, 0) is 38.5 Å².